The number of rotatable bonds is 5. The van der Waals surface area contributed by atoms with Crippen molar-refractivity contribution in [3.8, 4) is 0 Å². The highest BCUT2D eigenvalue weighted by Gasteiger charge is 2.42. The van der Waals surface area contributed by atoms with Gasteiger partial charge in [-0.3, -0.25) is 9.59 Å². The number of hydrogen-bond donors (Lipinski definition) is 1. The molecular formula is C21H26N2O4S. The van der Waals surface area contributed by atoms with Crippen molar-refractivity contribution >= 4 is 29.3 Å². The van der Waals surface area contributed by atoms with Crippen LogP contribution in [0.5, 0.6) is 0 Å². The molecule has 3 rings (SSSR count). The molecule has 0 radical (unpaired) electrons. The first-order valence-corrected chi connectivity index (χ1v) is 10.2. The van der Waals surface area contributed by atoms with Crippen molar-refractivity contribution in [3.63, 3.8) is 0 Å². The van der Waals surface area contributed by atoms with Crippen molar-refractivity contribution < 1.29 is 19.4 Å². The lowest BCUT2D eigenvalue weighted by Gasteiger charge is -2.31. The average molecular weight is 403 g/mol. The molecule has 3 atom stereocenters. The Labute approximate surface area is 169 Å². The highest BCUT2D eigenvalue weighted by atomic mass is 32.2. The van der Waals surface area contributed by atoms with Crippen LogP contribution in [0.1, 0.15) is 13.3 Å². The van der Waals surface area contributed by atoms with Crippen LogP contribution < -0.4 is 4.90 Å². The fraction of sp³-hybridized carbons (Fsp3) is 0.429. The molecule has 0 saturated heterocycles. The summed E-state index contributed by atoms with van der Waals surface area (Å²) in [5.74, 6) is -0.485. The quantitative estimate of drug-likeness (QED) is 0.764. The summed E-state index contributed by atoms with van der Waals surface area (Å²) in [7, 11) is 3.92. The summed E-state index contributed by atoms with van der Waals surface area (Å²) in [6, 6.07) is 7.80. The number of allylic oxidation sites excluding steroid dienone is 3. The van der Waals surface area contributed by atoms with Gasteiger partial charge in [-0.05, 0) is 50.7 Å². The van der Waals surface area contributed by atoms with Gasteiger partial charge in [-0.2, -0.15) is 0 Å². The van der Waals surface area contributed by atoms with Gasteiger partial charge in [0.25, 0.3) is 5.91 Å². The number of para-hydroxylation sites is 1. The zero-order valence-electron chi connectivity index (χ0n) is 16.4. The van der Waals surface area contributed by atoms with Crippen LogP contribution >= 0.6 is 11.8 Å². The second kappa shape index (κ2) is 8.84. The number of fused-ring (bicyclic) bond motifs is 1. The molecular weight excluding hydrogens is 376 g/mol. The van der Waals surface area contributed by atoms with Crippen LogP contribution in [0.25, 0.3) is 0 Å². The molecule has 1 aromatic rings. The molecule has 0 fully saturated rings. The fourth-order valence-electron chi connectivity index (χ4n) is 3.41. The standard InChI is InChI=1S/C21H26N2O4S/c1-14(24)27-19-20(15-8-10-16(25)11-9-15)28-18-7-5-4-6-17(18)23(21(19)26)13-12-22(2)3/h4-8,10-11,15,19-20,25H,9,12-13H2,1-3H3/t15?,19-,20+/m1/s1. The Morgan fingerprint density at radius 2 is 2.11 bits per heavy atom. The van der Waals surface area contributed by atoms with Crippen molar-refractivity contribution in [2.45, 2.75) is 29.6 Å². The maximum Gasteiger partial charge on any atom is 0.303 e. The minimum atomic E-state index is -0.889. The van der Waals surface area contributed by atoms with E-state index in [2.05, 4.69) is 0 Å². The van der Waals surface area contributed by atoms with Crippen LogP contribution in [0, 0.1) is 5.92 Å². The second-order valence-electron chi connectivity index (χ2n) is 7.26. The van der Waals surface area contributed by atoms with Crippen LogP contribution in [-0.2, 0) is 14.3 Å². The van der Waals surface area contributed by atoms with Crippen molar-refractivity contribution in [1.82, 2.24) is 4.90 Å². The third kappa shape index (κ3) is 4.59. The van der Waals surface area contributed by atoms with E-state index in [0.29, 0.717) is 19.5 Å². The van der Waals surface area contributed by atoms with E-state index in [-0.39, 0.29) is 22.8 Å². The van der Waals surface area contributed by atoms with Gasteiger partial charge in [0.05, 0.1) is 10.9 Å². The normalized spacial score (nSPS) is 24.6. The van der Waals surface area contributed by atoms with Crippen molar-refractivity contribution in [1.29, 1.82) is 0 Å². The molecule has 1 amide bonds. The second-order valence-corrected chi connectivity index (χ2v) is 8.48. The topological polar surface area (TPSA) is 70.1 Å². The summed E-state index contributed by atoms with van der Waals surface area (Å²) in [6.45, 7) is 2.54. The van der Waals surface area contributed by atoms with E-state index < -0.39 is 12.1 Å². The molecule has 7 heteroatoms. The highest BCUT2D eigenvalue weighted by Crippen LogP contribution is 2.43. The number of aliphatic hydroxyl groups excluding tert-OH is 1. The number of carbonyl (C=O) groups excluding carboxylic acids is 2. The van der Waals surface area contributed by atoms with Crippen LogP contribution in [0.4, 0.5) is 5.69 Å². The number of aliphatic hydroxyl groups is 1. The first-order valence-electron chi connectivity index (χ1n) is 9.33. The van der Waals surface area contributed by atoms with E-state index in [1.807, 2.05) is 49.3 Å². The molecule has 1 aliphatic heterocycles. The Hall–Kier alpha value is -2.25. The lowest BCUT2D eigenvalue weighted by Crippen LogP contribution is -2.48. The smallest absolute Gasteiger partial charge is 0.303 e. The zero-order valence-corrected chi connectivity index (χ0v) is 17.2. The summed E-state index contributed by atoms with van der Waals surface area (Å²) in [4.78, 5) is 30.1. The first-order chi connectivity index (χ1) is 13.4. The van der Waals surface area contributed by atoms with E-state index in [9.17, 15) is 14.7 Å². The molecule has 0 saturated carbocycles. The van der Waals surface area contributed by atoms with E-state index in [0.717, 1.165) is 10.6 Å². The van der Waals surface area contributed by atoms with Gasteiger partial charge in [0, 0.05) is 24.9 Å². The molecule has 1 heterocycles. The molecule has 6 nitrogen and oxygen atoms in total. The molecule has 1 unspecified atom stereocenters. The molecule has 1 aliphatic carbocycles. The summed E-state index contributed by atoms with van der Waals surface area (Å²) >= 11 is 1.56. The monoisotopic (exact) mass is 402 g/mol. The maximum atomic E-state index is 13.5. The van der Waals surface area contributed by atoms with Crippen LogP contribution in [0.2, 0.25) is 0 Å². The number of likely N-dealkylation sites (N-methyl/N-ethyl adjacent to an activating group) is 1. The average Bonchev–Trinajstić information content (AvgIpc) is 2.76. The lowest BCUT2D eigenvalue weighted by molar-refractivity contribution is -0.153. The number of ether oxygens (including phenoxy) is 1. The minimum absolute atomic E-state index is 0.0314. The Morgan fingerprint density at radius 3 is 2.75 bits per heavy atom. The van der Waals surface area contributed by atoms with Gasteiger partial charge in [0.1, 0.15) is 5.76 Å². The number of carbonyl (C=O) groups is 2. The van der Waals surface area contributed by atoms with Gasteiger partial charge in [-0.15, -0.1) is 11.8 Å². The number of benzene rings is 1. The van der Waals surface area contributed by atoms with E-state index >= 15 is 0 Å². The lowest BCUT2D eigenvalue weighted by atomic mass is 9.92. The fourth-order valence-corrected chi connectivity index (χ4v) is 4.83. The largest absolute Gasteiger partial charge is 0.508 e. The zero-order chi connectivity index (χ0) is 20.3. The van der Waals surface area contributed by atoms with Gasteiger partial charge in [0.2, 0.25) is 0 Å². The van der Waals surface area contributed by atoms with Crippen LogP contribution in [-0.4, -0.2) is 60.4 Å². The Kier molecular flexibility index (Phi) is 6.46. The summed E-state index contributed by atoms with van der Waals surface area (Å²) in [6.07, 6.45) is 4.98. The minimum Gasteiger partial charge on any atom is -0.508 e. The third-order valence-corrected chi connectivity index (χ3v) is 6.29. The highest BCUT2D eigenvalue weighted by molar-refractivity contribution is 8.00. The molecule has 0 bridgehead atoms. The molecule has 28 heavy (non-hydrogen) atoms. The molecule has 0 spiro atoms. The summed E-state index contributed by atoms with van der Waals surface area (Å²) in [5.41, 5.74) is 0.845. The molecule has 1 N–H and O–H groups in total. The number of hydrogen-bond acceptors (Lipinski definition) is 6. The van der Waals surface area contributed by atoms with Crippen molar-refractivity contribution in [3.05, 3.63) is 48.3 Å². The number of esters is 1. The molecule has 2 aliphatic rings. The van der Waals surface area contributed by atoms with E-state index in [1.165, 1.54) is 6.92 Å². The molecule has 1 aromatic carbocycles. The van der Waals surface area contributed by atoms with Crippen molar-refractivity contribution in [2.24, 2.45) is 5.92 Å². The molecule has 0 aromatic heterocycles. The predicted octanol–water partition coefficient (Wildman–Crippen LogP) is 3.01. The van der Waals surface area contributed by atoms with Crippen LogP contribution in [0.3, 0.4) is 0 Å². The number of anilines is 1. The number of nitrogens with zero attached hydrogens (tertiary/aromatic N) is 2. The van der Waals surface area contributed by atoms with Crippen LogP contribution in [0.15, 0.2) is 53.1 Å². The van der Waals surface area contributed by atoms with Gasteiger partial charge < -0.3 is 19.6 Å². The Morgan fingerprint density at radius 1 is 1.36 bits per heavy atom. The van der Waals surface area contributed by atoms with Gasteiger partial charge in [-0.25, -0.2) is 0 Å². The van der Waals surface area contributed by atoms with Gasteiger partial charge >= 0.3 is 5.97 Å². The Bertz CT molecular complexity index is 805. The Balaban J connectivity index is 2.00. The number of amides is 1. The summed E-state index contributed by atoms with van der Waals surface area (Å²) in [5, 5.41) is 9.39. The SMILES string of the molecule is CC(=O)O[C@H]1C(=O)N(CCN(C)C)c2ccccc2S[C@H]1C1C=CC(O)=CC1. The third-order valence-electron chi connectivity index (χ3n) is 4.83. The summed E-state index contributed by atoms with van der Waals surface area (Å²) < 4.78 is 5.56. The van der Waals surface area contributed by atoms with Gasteiger partial charge in [-0.1, -0.05) is 18.2 Å². The van der Waals surface area contributed by atoms with E-state index in [4.69, 9.17) is 4.74 Å². The maximum absolute atomic E-state index is 13.5. The number of thioether (sulfide) groups is 1. The molecule has 150 valence electrons. The predicted molar refractivity (Wildman–Crippen MR) is 111 cm³/mol. The first kappa shape index (κ1) is 20.5. The van der Waals surface area contributed by atoms with E-state index in [1.54, 1.807) is 28.8 Å². The van der Waals surface area contributed by atoms with Crippen molar-refractivity contribution in [2.75, 3.05) is 32.1 Å². The van der Waals surface area contributed by atoms with Gasteiger partial charge in [0.15, 0.2) is 6.10 Å².